The van der Waals surface area contributed by atoms with Crippen LogP contribution in [0.2, 0.25) is 0 Å². The Morgan fingerprint density at radius 2 is 1.95 bits per heavy atom. The highest BCUT2D eigenvalue weighted by molar-refractivity contribution is 7.15. The molecule has 1 aliphatic heterocycles. The summed E-state index contributed by atoms with van der Waals surface area (Å²) in [6.45, 7) is 1.92. The van der Waals surface area contributed by atoms with Gasteiger partial charge in [0.2, 0.25) is 0 Å². The Bertz CT molecular complexity index is 1530. The molecule has 0 spiro atoms. The molecule has 2 fully saturated rings. The average molecular weight is 526 g/mol. The van der Waals surface area contributed by atoms with Gasteiger partial charge in [0.15, 0.2) is 0 Å². The van der Waals surface area contributed by atoms with E-state index in [1.54, 1.807) is 36.1 Å². The molecule has 2 amide bonds. The van der Waals surface area contributed by atoms with Crippen LogP contribution in [0.5, 0.6) is 0 Å². The van der Waals surface area contributed by atoms with Crippen molar-refractivity contribution in [3.63, 3.8) is 0 Å². The van der Waals surface area contributed by atoms with Crippen molar-refractivity contribution in [1.82, 2.24) is 15.2 Å². The number of alkyl halides is 3. The largest absolute Gasteiger partial charge is 0.464 e. The number of likely N-dealkylation sites (tertiary alicyclic amines) is 1. The van der Waals surface area contributed by atoms with Crippen LogP contribution in [-0.4, -0.2) is 40.3 Å². The fourth-order valence-corrected chi connectivity index (χ4v) is 6.31. The Morgan fingerprint density at radius 3 is 2.76 bits per heavy atom. The van der Waals surface area contributed by atoms with E-state index in [1.165, 1.54) is 24.5 Å². The van der Waals surface area contributed by atoms with E-state index in [9.17, 15) is 22.8 Å². The van der Waals surface area contributed by atoms with Gasteiger partial charge in [-0.05, 0) is 49.9 Å². The first kappa shape index (κ1) is 23.7. The van der Waals surface area contributed by atoms with Gasteiger partial charge in [0.1, 0.15) is 11.3 Å². The molecule has 1 saturated carbocycles. The Kier molecular flexibility index (Phi) is 5.59. The predicted molar refractivity (Wildman–Crippen MR) is 132 cm³/mol. The highest BCUT2D eigenvalue weighted by Crippen LogP contribution is 2.49. The van der Waals surface area contributed by atoms with E-state index in [4.69, 9.17) is 4.42 Å². The van der Waals surface area contributed by atoms with Crippen LogP contribution in [0.1, 0.15) is 44.3 Å². The van der Waals surface area contributed by atoms with Crippen molar-refractivity contribution in [3.8, 4) is 10.4 Å². The minimum absolute atomic E-state index is 0.0134. The zero-order valence-corrected chi connectivity index (χ0v) is 20.5. The molecule has 1 N–H and O–H groups in total. The molecule has 190 valence electrons. The van der Waals surface area contributed by atoms with Crippen molar-refractivity contribution in [3.05, 3.63) is 76.6 Å². The normalized spacial score (nSPS) is 20.8. The minimum atomic E-state index is -4.56. The zero-order chi connectivity index (χ0) is 25.9. The lowest BCUT2D eigenvalue weighted by molar-refractivity contribution is -0.137. The van der Waals surface area contributed by atoms with Crippen LogP contribution in [0.25, 0.3) is 21.4 Å². The van der Waals surface area contributed by atoms with Crippen LogP contribution >= 0.6 is 11.3 Å². The number of carbonyl (C=O) groups is 2. The molecule has 0 radical (unpaired) electrons. The van der Waals surface area contributed by atoms with Gasteiger partial charge >= 0.3 is 6.18 Å². The summed E-state index contributed by atoms with van der Waals surface area (Å²) in [5, 5.41) is 4.16. The fraction of sp³-hybridized carbons (Fsp3) is 0.296. The number of amides is 2. The van der Waals surface area contributed by atoms with Crippen molar-refractivity contribution in [2.45, 2.75) is 38.0 Å². The number of fused-ring (bicyclic) bond motifs is 2. The average Bonchev–Trinajstić information content (AvgIpc) is 3.21. The number of aromatic nitrogens is 1. The number of aryl methyl sites for hydroxylation is 1. The molecule has 2 unspecified atom stereocenters. The lowest BCUT2D eigenvalue weighted by atomic mass is 10.0. The van der Waals surface area contributed by atoms with Gasteiger partial charge in [-0.1, -0.05) is 24.3 Å². The van der Waals surface area contributed by atoms with Crippen molar-refractivity contribution < 1.29 is 27.2 Å². The lowest BCUT2D eigenvalue weighted by Gasteiger charge is -2.28. The molecule has 3 atom stereocenters. The first-order valence-electron chi connectivity index (χ1n) is 11.9. The highest BCUT2D eigenvalue weighted by atomic mass is 32.1. The number of hydrogen-bond acceptors (Lipinski definition) is 5. The van der Waals surface area contributed by atoms with Gasteiger partial charge in [-0.2, -0.15) is 13.2 Å². The summed E-state index contributed by atoms with van der Waals surface area (Å²) in [5.74, 6) is -0.337. The third-order valence-corrected chi connectivity index (χ3v) is 8.10. The topological polar surface area (TPSA) is 75.4 Å². The van der Waals surface area contributed by atoms with Crippen molar-refractivity contribution in [1.29, 1.82) is 0 Å². The van der Waals surface area contributed by atoms with E-state index in [0.717, 1.165) is 30.2 Å². The standard InChI is InChI=1S/C27H22F3N3O3S/c1-14-32-23(24(37-14)19-5-2-3-7-20(19)27(28,29)30)26(35)33-16(11-15-12-21(15)33)13-31-25(34)18-6-4-8-22-17(18)9-10-36-22/h2-10,15-16,21H,11-13H2,1H3,(H,31,34)/t15?,16-,21?/m0/s1. The van der Waals surface area contributed by atoms with E-state index in [2.05, 4.69) is 10.3 Å². The molecule has 37 heavy (non-hydrogen) atoms. The van der Waals surface area contributed by atoms with E-state index in [0.29, 0.717) is 27.5 Å². The summed E-state index contributed by atoms with van der Waals surface area (Å²) in [6.07, 6.45) is -1.46. The Labute approximate surface area is 214 Å². The zero-order valence-electron chi connectivity index (χ0n) is 19.7. The minimum Gasteiger partial charge on any atom is -0.464 e. The van der Waals surface area contributed by atoms with Crippen molar-refractivity contribution >= 4 is 34.1 Å². The number of rotatable bonds is 5. The molecule has 1 saturated heterocycles. The maximum atomic E-state index is 13.8. The van der Waals surface area contributed by atoms with Crippen molar-refractivity contribution in [2.24, 2.45) is 5.92 Å². The molecular weight excluding hydrogens is 503 g/mol. The van der Waals surface area contributed by atoms with Gasteiger partial charge in [0.05, 0.1) is 33.3 Å². The molecule has 3 heterocycles. The second kappa shape index (κ2) is 8.72. The summed E-state index contributed by atoms with van der Waals surface area (Å²) in [5.41, 5.74) is 0.279. The summed E-state index contributed by atoms with van der Waals surface area (Å²) in [7, 11) is 0. The van der Waals surface area contributed by atoms with Gasteiger partial charge in [-0.15, -0.1) is 11.3 Å². The maximum absolute atomic E-state index is 13.8. The Morgan fingerprint density at radius 1 is 1.14 bits per heavy atom. The summed E-state index contributed by atoms with van der Waals surface area (Å²) < 4.78 is 46.6. The van der Waals surface area contributed by atoms with Crippen LogP contribution in [0.3, 0.4) is 0 Å². The number of halogens is 3. The van der Waals surface area contributed by atoms with Gasteiger partial charge < -0.3 is 14.6 Å². The second-order valence-corrected chi connectivity index (χ2v) is 10.7. The molecule has 2 aromatic carbocycles. The van der Waals surface area contributed by atoms with Crippen LogP contribution in [0.15, 0.2) is 59.2 Å². The number of hydrogen-bond donors (Lipinski definition) is 1. The molecule has 4 aromatic rings. The SMILES string of the molecule is Cc1nc(C(=O)N2C3CC3C[C@H]2CNC(=O)c2cccc3occc23)c(-c2ccccc2C(F)(F)F)s1. The summed E-state index contributed by atoms with van der Waals surface area (Å²) in [4.78, 5) is 33.0. The molecular formula is C27H22F3N3O3S. The number of carbonyl (C=O) groups excluding carboxylic acids is 2. The molecule has 1 aliphatic carbocycles. The van der Waals surface area contributed by atoms with Gasteiger partial charge in [0.25, 0.3) is 11.8 Å². The van der Waals surface area contributed by atoms with Crippen LogP contribution < -0.4 is 5.32 Å². The van der Waals surface area contributed by atoms with E-state index < -0.39 is 17.6 Å². The number of thiazole rings is 1. The first-order chi connectivity index (χ1) is 17.7. The van der Waals surface area contributed by atoms with Crippen LogP contribution in [0, 0.1) is 12.8 Å². The second-order valence-electron chi connectivity index (χ2n) is 9.47. The van der Waals surface area contributed by atoms with Crippen LogP contribution in [-0.2, 0) is 6.18 Å². The number of piperidine rings is 1. The number of benzene rings is 2. The third kappa shape index (κ3) is 4.19. The molecule has 2 aliphatic rings. The number of furan rings is 1. The fourth-order valence-electron chi connectivity index (χ4n) is 5.36. The Balaban J connectivity index is 1.26. The van der Waals surface area contributed by atoms with Gasteiger partial charge in [-0.3, -0.25) is 9.59 Å². The molecule has 0 bridgehead atoms. The predicted octanol–water partition coefficient (Wildman–Crippen LogP) is 5.92. The molecule has 2 aromatic heterocycles. The molecule has 6 nitrogen and oxygen atoms in total. The van der Waals surface area contributed by atoms with Gasteiger partial charge in [0, 0.05) is 23.5 Å². The Hall–Kier alpha value is -3.66. The maximum Gasteiger partial charge on any atom is 0.417 e. The smallest absolute Gasteiger partial charge is 0.417 e. The van der Waals surface area contributed by atoms with E-state index in [1.807, 2.05) is 0 Å². The first-order valence-corrected chi connectivity index (χ1v) is 12.7. The summed E-state index contributed by atoms with van der Waals surface area (Å²) >= 11 is 1.08. The van der Waals surface area contributed by atoms with Crippen molar-refractivity contribution in [2.75, 3.05) is 6.54 Å². The lowest BCUT2D eigenvalue weighted by Crippen LogP contribution is -2.45. The third-order valence-electron chi connectivity index (χ3n) is 7.10. The highest BCUT2D eigenvalue weighted by Gasteiger charge is 2.54. The monoisotopic (exact) mass is 525 g/mol. The summed E-state index contributed by atoms with van der Waals surface area (Å²) in [6, 6.07) is 12.0. The quantitative estimate of drug-likeness (QED) is 0.351. The number of nitrogens with zero attached hydrogens (tertiary/aromatic N) is 2. The molecule has 10 heteroatoms. The van der Waals surface area contributed by atoms with Crippen LogP contribution in [0.4, 0.5) is 13.2 Å². The van der Waals surface area contributed by atoms with Gasteiger partial charge in [-0.25, -0.2) is 4.98 Å². The van der Waals surface area contributed by atoms with E-state index >= 15 is 0 Å². The number of nitrogens with one attached hydrogen (secondary N) is 1. The van der Waals surface area contributed by atoms with E-state index in [-0.39, 0.29) is 40.7 Å². The molecule has 6 rings (SSSR count).